The van der Waals surface area contributed by atoms with Gasteiger partial charge in [-0.25, -0.2) is 8.93 Å². The third kappa shape index (κ3) is 5.79. The summed E-state index contributed by atoms with van der Waals surface area (Å²) in [4.78, 5) is 10.6. The number of nitrogens with zero attached hydrogens (tertiary/aromatic N) is 1. The van der Waals surface area contributed by atoms with Crippen LogP contribution in [-0.2, 0) is 28.3 Å². The van der Waals surface area contributed by atoms with Crippen molar-refractivity contribution in [2.24, 2.45) is 0 Å². The molecule has 0 saturated carbocycles. The minimum atomic E-state index is -4.46. The van der Waals surface area contributed by atoms with Crippen molar-refractivity contribution in [2.45, 2.75) is 29.8 Å². The quantitative estimate of drug-likeness (QED) is 0.358. The van der Waals surface area contributed by atoms with Crippen molar-refractivity contribution in [2.75, 3.05) is 20.2 Å². The van der Waals surface area contributed by atoms with Gasteiger partial charge < -0.3 is 14.8 Å². The first kappa shape index (κ1) is 23.1. The molecule has 1 aliphatic heterocycles. The van der Waals surface area contributed by atoms with Crippen LogP contribution in [-0.4, -0.2) is 41.7 Å². The Morgan fingerprint density at radius 1 is 1.32 bits per heavy atom. The molecule has 3 atom stereocenters. The normalized spacial score (nSPS) is 18.0. The Bertz CT molecular complexity index is 973. The molecule has 0 radical (unpaired) electrons. The molecule has 0 aromatic heterocycles. The molecule has 0 aliphatic carbocycles. The summed E-state index contributed by atoms with van der Waals surface area (Å²) in [5, 5.41) is 14.0. The van der Waals surface area contributed by atoms with Crippen molar-refractivity contribution in [3.8, 4) is 5.75 Å². The number of hydrogen-bond donors (Lipinski definition) is 2. The smallest absolute Gasteiger partial charge is 0.416 e. The highest BCUT2D eigenvalue weighted by Crippen LogP contribution is 2.35. The number of para-hydroxylation sites is 1. The number of nitro benzene ring substituents is 1. The molecule has 1 heterocycles. The minimum Gasteiger partial charge on any atom is -0.491 e. The number of nitrogens with one attached hydrogen (secondary N) is 2. The van der Waals surface area contributed by atoms with Crippen molar-refractivity contribution in [1.82, 2.24) is 10.0 Å². The van der Waals surface area contributed by atoms with Crippen LogP contribution in [0.4, 0.5) is 18.9 Å². The summed E-state index contributed by atoms with van der Waals surface area (Å²) in [6.45, 7) is 0.233. The number of likely N-dealkylation sites (N-methyl/N-ethyl adjacent to an activating group) is 1. The maximum atomic E-state index is 12.9. The fraction of sp³-hybridized carbons (Fsp3) is 0.368. The van der Waals surface area contributed by atoms with Crippen molar-refractivity contribution in [3.63, 3.8) is 0 Å². The standard InChI is InChI=1S/C19H20F3N3O5S/c1-23-10-18(24-31(28)17-5-3-2-4-15(17)25(26)27)30-14-8-12-6-7-13(19(20,21)22)9-16(12)29-11-14/h2-7,9,14,18,23-24H,8,10-11H2,1H3/t14-,18?,31?/m1/s1. The fourth-order valence-corrected chi connectivity index (χ4v) is 4.13. The Morgan fingerprint density at radius 3 is 2.74 bits per heavy atom. The topological polar surface area (TPSA) is 103 Å². The SMILES string of the molecule is CNCC(NS(=O)c1ccccc1[N+](=O)[O-])O[C@H]1COc2cc(C(F)(F)F)ccc2C1. The van der Waals surface area contributed by atoms with Gasteiger partial charge in [-0.3, -0.25) is 10.1 Å². The van der Waals surface area contributed by atoms with Crippen molar-refractivity contribution >= 4 is 16.7 Å². The third-order valence-electron chi connectivity index (χ3n) is 4.51. The summed E-state index contributed by atoms with van der Waals surface area (Å²) in [5.41, 5.74) is -0.514. The molecule has 0 amide bonds. The maximum absolute atomic E-state index is 12.9. The predicted octanol–water partition coefficient (Wildman–Crippen LogP) is 2.79. The highest BCUT2D eigenvalue weighted by molar-refractivity contribution is 7.83. The highest BCUT2D eigenvalue weighted by Gasteiger charge is 2.33. The van der Waals surface area contributed by atoms with Gasteiger partial charge in [0.15, 0.2) is 0 Å². The summed E-state index contributed by atoms with van der Waals surface area (Å²) in [6, 6.07) is 8.94. The molecule has 12 heteroatoms. The Hall–Kier alpha value is -2.54. The molecule has 2 aromatic rings. The van der Waals surface area contributed by atoms with Crippen LogP contribution in [0.3, 0.4) is 0 Å². The predicted molar refractivity (Wildman–Crippen MR) is 106 cm³/mol. The lowest BCUT2D eigenvalue weighted by Gasteiger charge is -2.29. The molecule has 2 aromatic carbocycles. The van der Waals surface area contributed by atoms with Gasteiger partial charge in [-0.1, -0.05) is 18.2 Å². The zero-order valence-corrected chi connectivity index (χ0v) is 17.2. The third-order valence-corrected chi connectivity index (χ3v) is 5.73. The van der Waals surface area contributed by atoms with Crippen LogP contribution < -0.4 is 14.8 Å². The van der Waals surface area contributed by atoms with Crippen LogP contribution in [0.15, 0.2) is 47.4 Å². The minimum absolute atomic E-state index is 0.00197. The molecule has 1 aliphatic rings. The van der Waals surface area contributed by atoms with E-state index in [2.05, 4.69) is 10.0 Å². The summed E-state index contributed by atoms with van der Waals surface area (Å²) >= 11 is 0. The fourth-order valence-electron chi connectivity index (χ4n) is 3.09. The lowest BCUT2D eigenvalue weighted by molar-refractivity contribution is -0.387. The Kier molecular flexibility index (Phi) is 7.26. The highest BCUT2D eigenvalue weighted by atomic mass is 32.2. The van der Waals surface area contributed by atoms with Crippen LogP contribution in [0.25, 0.3) is 0 Å². The van der Waals surface area contributed by atoms with Crippen molar-refractivity contribution in [3.05, 3.63) is 63.7 Å². The second kappa shape index (κ2) is 9.73. The molecule has 0 fully saturated rings. The van der Waals surface area contributed by atoms with E-state index in [9.17, 15) is 27.5 Å². The lowest BCUT2D eigenvalue weighted by Crippen LogP contribution is -2.45. The molecule has 8 nitrogen and oxygen atoms in total. The average Bonchev–Trinajstić information content (AvgIpc) is 2.72. The number of rotatable bonds is 8. The van der Waals surface area contributed by atoms with Gasteiger partial charge in [0, 0.05) is 19.0 Å². The van der Waals surface area contributed by atoms with E-state index in [0.717, 1.165) is 12.1 Å². The van der Waals surface area contributed by atoms with Gasteiger partial charge in [0.1, 0.15) is 34.5 Å². The monoisotopic (exact) mass is 459 g/mol. The van der Waals surface area contributed by atoms with Gasteiger partial charge in [-0.15, -0.1) is 0 Å². The Labute approximate surface area is 178 Å². The Morgan fingerprint density at radius 2 is 2.06 bits per heavy atom. The van der Waals surface area contributed by atoms with E-state index < -0.39 is 40.0 Å². The van der Waals surface area contributed by atoms with Gasteiger partial charge >= 0.3 is 6.18 Å². The van der Waals surface area contributed by atoms with Gasteiger partial charge in [0.05, 0.1) is 16.6 Å². The first-order valence-electron chi connectivity index (χ1n) is 9.23. The van der Waals surface area contributed by atoms with E-state index in [1.807, 2.05) is 0 Å². The number of nitro groups is 1. The molecule has 0 bridgehead atoms. The first-order chi connectivity index (χ1) is 14.7. The number of fused-ring (bicyclic) bond motifs is 1. The number of halogens is 3. The average molecular weight is 459 g/mol. The zero-order chi connectivity index (χ0) is 22.6. The molecule has 3 rings (SSSR count). The summed E-state index contributed by atoms with van der Waals surface area (Å²) < 4.78 is 65.3. The van der Waals surface area contributed by atoms with Gasteiger partial charge in [-0.2, -0.15) is 13.2 Å². The summed E-state index contributed by atoms with van der Waals surface area (Å²) in [6.07, 6.45) is -5.47. The van der Waals surface area contributed by atoms with Gasteiger partial charge in [0.2, 0.25) is 0 Å². The van der Waals surface area contributed by atoms with E-state index in [1.165, 1.54) is 30.3 Å². The van der Waals surface area contributed by atoms with Crippen LogP contribution in [0.5, 0.6) is 5.75 Å². The van der Waals surface area contributed by atoms with E-state index >= 15 is 0 Å². The molecule has 2 N–H and O–H groups in total. The molecule has 31 heavy (non-hydrogen) atoms. The van der Waals surface area contributed by atoms with E-state index in [-0.39, 0.29) is 29.5 Å². The van der Waals surface area contributed by atoms with Crippen LogP contribution in [0.2, 0.25) is 0 Å². The number of benzene rings is 2. The van der Waals surface area contributed by atoms with E-state index in [1.54, 1.807) is 7.05 Å². The summed E-state index contributed by atoms with van der Waals surface area (Å²) in [5.74, 6) is 0.149. The number of alkyl halides is 3. The van der Waals surface area contributed by atoms with Crippen LogP contribution >= 0.6 is 0 Å². The van der Waals surface area contributed by atoms with Crippen molar-refractivity contribution < 1.29 is 31.8 Å². The lowest BCUT2D eigenvalue weighted by atomic mass is 10.0. The maximum Gasteiger partial charge on any atom is 0.416 e. The Balaban J connectivity index is 1.69. The van der Waals surface area contributed by atoms with Crippen molar-refractivity contribution in [1.29, 1.82) is 0 Å². The van der Waals surface area contributed by atoms with Crippen LogP contribution in [0.1, 0.15) is 11.1 Å². The summed E-state index contributed by atoms with van der Waals surface area (Å²) in [7, 11) is -0.282. The zero-order valence-electron chi connectivity index (χ0n) is 16.3. The van der Waals surface area contributed by atoms with E-state index in [4.69, 9.17) is 9.47 Å². The number of ether oxygens (including phenoxy) is 2. The molecular formula is C19H20F3N3O5S. The van der Waals surface area contributed by atoms with Gasteiger partial charge in [-0.05, 0) is 30.8 Å². The van der Waals surface area contributed by atoms with Crippen LogP contribution in [0, 0.1) is 10.1 Å². The number of hydrogen-bond acceptors (Lipinski definition) is 6. The van der Waals surface area contributed by atoms with E-state index in [0.29, 0.717) is 12.0 Å². The first-order valence-corrected chi connectivity index (χ1v) is 10.4. The second-order valence-corrected chi connectivity index (χ2v) is 7.96. The molecule has 2 unspecified atom stereocenters. The molecular weight excluding hydrogens is 439 g/mol. The molecule has 0 saturated heterocycles. The molecule has 168 valence electrons. The largest absolute Gasteiger partial charge is 0.491 e. The van der Waals surface area contributed by atoms with Gasteiger partial charge in [0.25, 0.3) is 5.69 Å². The molecule has 0 spiro atoms. The second-order valence-electron chi connectivity index (χ2n) is 6.75.